The summed E-state index contributed by atoms with van der Waals surface area (Å²) in [5.74, 6) is 1.29. The molecule has 28 heavy (non-hydrogen) atoms. The summed E-state index contributed by atoms with van der Waals surface area (Å²) in [6.45, 7) is 2.08. The lowest BCUT2D eigenvalue weighted by molar-refractivity contribution is 0.0176. The van der Waals surface area contributed by atoms with Crippen LogP contribution in [0, 0.1) is 5.92 Å². The third-order valence-electron chi connectivity index (χ3n) is 5.40. The second-order valence-electron chi connectivity index (χ2n) is 7.40. The molecule has 0 unspecified atom stereocenters. The molecule has 0 aliphatic heterocycles. The minimum Gasteiger partial charge on any atom is -0.493 e. The van der Waals surface area contributed by atoms with Crippen molar-refractivity contribution >= 4 is 28.3 Å². The standard InChI is InChI=1S/C22H24O5S/c1-13-5-7-15(8-6-13)26-22(24)19-16-10-14(12-23)11-17(25-2)20(16)27-21(19)18-4-3-9-28-18/h3-4,9-11,13,15,23H,5-8,12H2,1-2H3. The molecular weight excluding hydrogens is 376 g/mol. The first kappa shape index (κ1) is 19.0. The second kappa shape index (κ2) is 7.97. The van der Waals surface area contributed by atoms with Gasteiger partial charge in [0.2, 0.25) is 0 Å². The predicted octanol–water partition coefficient (Wildman–Crippen LogP) is 5.40. The molecule has 0 atom stereocenters. The van der Waals surface area contributed by atoms with Gasteiger partial charge in [0, 0.05) is 5.39 Å². The van der Waals surface area contributed by atoms with Crippen LogP contribution in [0.3, 0.4) is 0 Å². The first-order chi connectivity index (χ1) is 13.6. The molecule has 0 bridgehead atoms. The summed E-state index contributed by atoms with van der Waals surface area (Å²) in [5, 5.41) is 12.2. The van der Waals surface area contributed by atoms with Gasteiger partial charge in [0.15, 0.2) is 17.1 Å². The summed E-state index contributed by atoms with van der Waals surface area (Å²) < 4.78 is 17.4. The van der Waals surface area contributed by atoms with E-state index in [1.807, 2.05) is 17.5 Å². The average molecular weight is 400 g/mol. The highest BCUT2D eigenvalue weighted by atomic mass is 32.1. The van der Waals surface area contributed by atoms with Crippen LogP contribution in [0.25, 0.3) is 21.6 Å². The van der Waals surface area contributed by atoms with E-state index in [0.717, 1.165) is 30.6 Å². The Bertz CT molecular complexity index is 965. The maximum atomic E-state index is 13.2. The lowest BCUT2D eigenvalue weighted by atomic mass is 9.89. The smallest absolute Gasteiger partial charge is 0.343 e. The normalized spacial score (nSPS) is 19.7. The van der Waals surface area contributed by atoms with E-state index in [1.165, 1.54) is 11.3 Å². The summed E-state index contributed by atoms with van der Waals surface area (Å²) in [6.07, 6.45) is 3.87. The molecule has 5 nitrogen and oxygen atoms in total. The third kappa shape index (κ3) is 3.54. The Morgan fingerprint density at radius 1 is 1.29 bits per heavy atom. The number of fused-ring (bicyclic) bond motifs is 1. The van der Waals surface area contributed by atoms with Gasteiger partial charge < -0.3 is 19.0 Å². The van der Waals surface area contributed by atoms with Crippen LogP contribution in [0.2, 0.25) is 0 Å². The zero-order valence-electron chi connectivity index (χ0n) is 16.1. The molecule has 6 heteroatoms. The number of hydrogen-bond acceptors (Lipinski definition) is 6. The topological polar surface area (TPSA) is 68.9 Å². The highest BCUT2D eigenvalue weighted by Gasteiger charge is 2.29. The Hall–Kier alpha value is -2.31. The number of thiophene rings is 1. The van der Waals surface area contributed by atoms with Crippen molar-refractivity contribution in [2.24, 2.45) is 5.92 Å². The largest absolute Gasteiger partial charge is 0.493 e. The summed E-state index contributed by atoms with van der Waals surface area (Å²) in [5.41, 5.74) is 1.56. The highest BCUT2D eigenvalue weighted by molar-refractivity contribution is 7.13. The van der Waals surface area contributed by atoms with Crippen molar-refractivity contribution in [2.75, 3.05) is 7.11 Å². The monoisotopic (exact) mass is 400 g/mol. The van der Waals surface area contributed by atoms with Crippen LogP contribution in [-0.4, -0.2) is 24.3 Å². The maximum Gasteiger partial charge on any atom is 0.343 e. The van der Waals surface area contributed by atoms with Gasteiger partial charge in [-0.1, -0.05) is 13.0 Å². The van der Waals surface area contributed by atoms with Gasteiger partial charge in [-0.2, -0.15) is 0 Å². The summed E-state index contributed by atoms with van der Waals surface area (Å²) in [4.78, 5) is 14.1. The van der Waals surface area contributed by atoms with Crippen LogP contribution in [0.1, 0.15) is 48.5 Å². The molecule has 1 aliphatic carbocycles. The molecule has 0 spiro atoms. The molecule has 2 aromatic heterocycles. The van der Waals surface area contributed by atoms with Crippen molar-refractivity contribution in [3.63, 3.8) is 0 Å². The Morgan fingerprint density at radius 2 is 2.07 bits per heavy atom. The first-order valence-electron chi connectivity index (χ1n) is 9.59. The number of hydrogen-bond donors (Lipinski definition) is 1. The molecule has 0 saturated heterocycles. The van der Waals surface area contributed by atoms with E-state index in [-0.39, 0.29) is 18.7 Å². The molecule has 1 N–H and O–H groups in total. The van der Waals surface area contributed by atoms with Crippen LogP contribution < -0.4 is 4.74 Å². The minimum atomic E-state index is -0.376. The van der Waals surface area contributed by atoms with Crippen LogP contribution >= 0.6 is 11.3 Å². The van der Waals surface area contributed by atoms with Gasteiger partial charge in [0.1, 0.15) is 11.7 Å². The molecule has 4 rings (SSSR count). The number of furan rings is 1. The number of aliphatic hydroxyl groups excluding tert-OH is 1. The van der Waals surface area contributed by atoms with Crippen molar-refractivity contribution in [2.45, 2.75) is 45.3 Å². The molecule has 1 aromatic carbocycles. The number of benzene rings is 1. The van der Waals surface area contributed by atoms with Crippen LogP contribution in [0.5, 0.6) is 5.75 Å². The number of rotatable bonds is 5. The number of esters is 1. The number of methoxy groups -OCH3 is 1. The molecular formula is C22H24O5S. The number of aliphatic hydroxyl groups is 1. The molecule has 0 radical (unpaired) electrons. The lowest BCUT2D eigenvalue weighted by Crippen LogP contribution is -2.23. The van der Waals surface area contributed by atoms with Gasteiger partial charge in [-0.3, -0.25) is 0 Å². The minimum absolute atomic E-state index is 0.0623. The van der Waals surface area contributed by atoms with Crippen molar-refractivity contribution in [3.05, 3.63) is 40.8 Å². The van der Waals surface area contributed by atoms with Gasteiger partial charge >= 0.3 is 5.97 Å². The SMILES string of the molecule is COc1cc(CO)cc2c(C(=O)OC3CCC(C)CC3)c(-c3cccs3)oc12. The third-order valence-corrected chi connectivity index (χ3v) is 6.27. The predicted molar refractivity (Wildman–Crippen MR) is 109 cm³/mol. The molecule has 1 aliphatic rings. The molecule has 0 amide bonds. The zero-order valence-corrected chi connectivity index (χ0v) is 16.9. The van der Waals surface area contributed by atoms with Gasteiger partial charge in [-0.25, -0.2) is 4.79 Å². The van der Waals surface area contributed by atoms with Gasteiger partial charge in [-0.15, -0.1) is 11.3 Å². The molecule has 3 aromatic rings. The maximum absolute atomic E-state index is 13.2. The number of ether oxygens (including phenoxy) is 2. The number of carbonyl (C=O) groups is 1. The zero-order chi connectivity index (χ0) is 19.7. The van der Waals surface area contributed by atoms with E-state index >= 15 is 0 Å². The molecule has 1 saturated carbocycles. The highest BCUT2D eigenvalue weighted by Crippen LogP contribution is 2.41. The van der Waals surface area contributed by atoms with E-state index in [9.17, 15) is 9.90 Å². The van der Waals surface area contributed by atoms with Gasteiger partial charge in [0.25, 0.3) is 0 Å². The number of carbonyl (C=O) groups excluding carboxylic acids is 1. The van der Waals surface area contributed by atoms with Crippen LogP contribution in [0.4, 0.5) is 0 Å². The second-order valence-corrected chi connectivity index (χ2v) is 8.35. The van der Waals surface area contributed by atoms with Crippen molar-refractivity contribution in [1.29, 1.82) is 0 Å². The van der Waals surface area contributed by atoms with E-state index in [4.69, 9.17) is 13.9 Å². The summed E-state index contributed by atoms with van der Waals surface area (Å²) >= 11 is 1.50. The van der Waals surface area contributed by atoms with Crippen molar-refractivity contribution < 1.29 is 23.8 Å². The fraction of sp³-hybridized carbons (Fsp3) is 0.409. The van der Waals surface area contributed by atoms with Crippen LogP contribution in [-0.2, 0) is 11.3 Å². The first-order valence-corrected chi connectivity index (χ1v) is 10.5. The van der Waals surface area contributed by atoms with Crippen molar-refractivity contribution in [1.82, 2.24) is 0 Å². The summed E-state index contributed by atoms with van der Waals surface area (Å²) in [7, 11) is 1.55. The van der Waals surface area contributed by atoms with Gasteiger partial charge in [0.05, 0.1) is 18.6 Å². The molecule has 1 fully saturated rings. The summed E-state index contributed by atoms with van der Waals surface area (Å²) in [6, 6.07) is 7.34. The van der Waals surface area contributed by atoms with E-state index in [0.29, 0.717) is 39.5 Å². The van der Waals surface area contributed by atoms with E-state index in [1.54, 1.807) is 19.2 Å². The van der Waals surface area contributed by atoms with Gasteiger partial charge in [-0.05, 0) is 60.7 Å². The van der Waals surface area contributed by atoms with Crippen molar-refractivity contribution in [3.8, 4) is 16.4 Å². The Balaban J connectivity index is 1.80. The fourth-order valence-corrected chi connectivity index (χ4v) is 4.52. The quantitative estimate of drug-likeness (QED) is 0.581. The lowest BCUT2D eigenvalue weighted by Gasteiger charge is -2.25. The van der Waals surface area contributed by atoms with Crippen LogP contribution in [0.15, 0.2) is 34.1 Å². The van der Waals surface area contributed by atoms with E-state index in [2.05, 4.69) is 6.92 Å². The Morgan fingerprint density at radius 3 is 2.71 bits per heavy atom. The average Bonchev–Trinajstić information content (AvgIpc) is 3.36. The Labute approximate surface area is 167 Å². The Kier molecular flexibility index (Phi) is 5.42. The molecule has 2 heterocycles. The fourth-order valence-electron chi connectivity index (χ4n) is 3.81. The van der Waals surface area contributed by atoms with E-state index < -0.39 is 0 Å². The molecule has 148 valence electrons.